The molecule has 0 unspecified atom stereocenters. The number of rotatable bonds is 11. The molecule has 1 amide bonds. The van der Waals surface area contributed by atoms with Crippen LogP contribution in [0.3, 0.4) is 0 Å². The molecule has 34 heavy (non-hydrogen) atoms. The van der Waals surface area contributed by atoms with Crippen LogP contribution in [0.4, 0.5) is 8.78 Å². The van der Waals surface area contributed by atoms with Gasteiger partial charge in [-0.2, -0.15) is 0 Å². The molecule has 0 aliphatic carbocycles. The topological polar surface area (TPSA) is 110 Å². The predicted octanol–water partition coefficient (Wildman–Crippen LogP) is 3.66. The van der Waals surface area contributed by atoms with Crippen LogP contribution in [0.15, 0.2) is 60.9 Å². The number of nitrogen functional groups attached to an aromatic ring is 1. The molecule has 0 bridgehead atoms. The van der Waals surface area contributed by atoms with Gasteiger partial charge in [-0.25, -0.2) is 8.78 Å². The van der Waals surface area contributed by atoms with Crippen LogP contribution in [0.1, 0.15) is 35.3 Å². The van der Waals surface area contributed by atoms with E-state index in [1.54, 1.807) is 49.6 Å². The SMILES string of the molecule is CCO[C@H](C(=O)NCc1ccc(C(=N)N)cc1)c1c(F)ccc(OCCc2cccnc2)c1F. The molecular formula is C25H26F2N4O3. The van der Waals surface area contributed by atoms with Gasteiger partial charge in [-0.15, -0.1) is 0 Å². The summed E-state index contributed by atoms with van der Waals surface area (Å²) >= 11 is 0. The van der Waals surface area contributed by atoms with Crippen molar-refractivity contribution in [1.82, 2.24) is 10.3 Å². The van der Waals surface area contributed by atoms with Crippen molar-refractivity contribution in [1.29, 1.82) is 5.41 Å². The lowest BCUT2D eigenvalue weighted by Crippen LogP contribution is -2.31. The molecule has 0 saturated heterocycles. The Morgan fingerprint density at radius 2 is 1.91 bits per heavy atom. The van der Waals surface area contributed by atoms with Crippen molar-refractivity contribution in [3.63, 3.8) is 0 Å². The zero-order chi connectivity index (χ0) is 24.5. The highest BCUT2D eigenvalue weighted by molar-refractivity contribution is 5.94. The molecule has 1 heterocycles. The number of hydrogen-bond donors (Lipinski definition) is 3. The van der Waals surface area contributed by atoms with E-state index < -0.39 is 29.2 Å². The Morgan fingerprint density at radius 3 is 2.56 bits per heavy atom. The van der Waals surface area contributed by atoms with Gasteiger partial charge in [-0.3, -0.25) is 15.2 Å². The Balaban J connectivity index is 1.72. The molecule has 178 valence electrons. The van der Waals surface area contributed by atoms with E-state index in [1.165, 1.54) is 6.07 Å². The second-order valence-electron chi connectivity index (χ2n) is 7.40. The number of nitrogens with one attached hydrogen (secondary N) is 2. The number of benzene rings is 2. The first-order valence-corrected chi connectivity index (χ1v) is 10.7. The molecule has 4 N–H and O–H groups in total. The Bertz CT molecular complexity index is 1130. The first-order chi connectivity index (χ1) is 16.4. The summed E-state index contributed by atoms with van der Waals surface area (Å²) in [4.78, 5) is 16.8. The minimum Gasteiger partial charge on any atom is -0.490 e. The van der Waals surface area contributed by atoms with E-state index in [9.17, 15) is 9.18 Å². The number of nitrogens with two attached hydrogens (primary N) is 1. The van der Waals surface area contributed by atoms with Crippen molar-refractivity contribution in [3.05, 3.63) is 94.8 Å². The van der Waals surface area contributed by atoms with Crippen LogP contribution >= 0.6 is 0 Å². The zero-order valence-electron chi connectivity index (χ0n) is 18.7. The summed E-state index contributed by atoms with van der Waals surface area (Å²) in [5, 5.41) is 10.1. The fourth-order valence-electron chi connectivity index (χ4n) is 3.27. The van der Waals surface area contributed by atoms with Crippen LogP contribution in [0, 0.1) is 17.0 Å². The number of hydrogen-bond acceptors (Lipinski definition) is 5. The summed E-state index contributed by atoms with van der Waals surface area (Å²) in [5.41, 5.74) is 7.11. The molecule has 1 atom stereocenters. The van der Waals surface area contributed by atoms with Gasteiger partial charge in [-0.05, 0) is 36.2 Å². The number of amides is 1. The second kappa shape index (κ2) is 11.9. The monoisotopic (exact) mass is 468 g/mol. The lowest BCUT2D eigenvalue weighted by atomic mass is 10.1. The highest BCUT2D eigenvalue weighted by Gasteiger charge is 2.29. The Hall–Kier alpha value is -3.85. The van der Waals surface area contributed by atoms with Crippen LogP contribution in [0.2, 0.25) is 0 Å². The Kier molecular flexibility index (Phi) is 8.64. The minimum atomic E-state index is -1.50. The van der Waals surface area contributed by atoms with Gasteiger partial charge in [0.2, 0.25) is 0 Å². The average Bonchev–Trinajstić information content (AvgIpc) is 2.84. The number of halogens is 2. The molecule has 3 aromatic rings. The number of amidine groups is 1. The molecule has 0 aliphatic heterocycles. The third kappa shape index (κ3) is 6.35. The molecule has 2 aromatic carbocycles. The average molecular weight is 469 g/mol. The van der Waals surface area contributed by atoms with Crippen molar-refractivity contribution in [2.24, 2.45) is 5.73 Å². The molecule has 0 aliphatic rings. The largest absolute Gasteiger partial charge is 0.490 e. The maximum absolute atomic E-state index is 15.2. The summed E-state index contributed by atoms with van der Waals surface area (Å²) in [6.07, 6.45) is 2.32. The maximum Gasteiger partial charge on any atom is 0.254 e. The lowest BCUT2D eigenvalue weighted by Gasteiger charge is -2.20. The quantitative estimate of drug-likeness (QED) is 0.294. The van der Waals surface area contributed by atoms with E-state index >= 15 is 4.39 Å². The molecule has 0 radical (unpaired) electrons. The summed E-state index contributed by atoms with van der Waals surface area (Å²) in [7, 11) is 0. The van der Waals surface area contributed by atoms with Gasteiger partial charge in [0.25, 0.3) is 5.91 Å². The first kappa shape index (κ1) is 24.8. The molecular weight excluding hydrogens is 442 g/mol. The van der Waals surface area contributed by atoms with E-state index in [-0.39, 0.29) is 31.3 Å². The van der Waals surface area contributed by atoms with Crippen molar-refractivity contribution < 1.29 is 23.0 Å². The number of ether oxygens (including phenoxy) is 2. The molecule has 1 aromatic heterocycles. The third-order valence-corrected chi connectivity index (χ3v) is 5.03. The highest BCUT2D eigenvalue weighted by Crippen LogP contribution is 2.30. The zero-order valence-corrected chi connectivity index (χ0v) is 18.7. The van der Waals surface area contributed by atoms with Crippen LogP contribution < -0.4 is 15.8 Å². The minimum absolute atomic E-state index is 0.0658. The third-order valence-electron chi connectivity index (χ3n) is 5.03. The van der Waals surface area contributed by atoms with Crippen LogP contribution in [0.5, 0.6) is 5.75 Å². The number of nitrogens with zero attached hydrogens (tertiary/aromatic N) is 1. The molecule has 0 fully saturated rings. The number of carbonyl (C=O) groups excluding carboxylic acids is 1. The normalized spacial score (nSPS) is 11.6. The fraction of sp³-hybridized carbons (Fsp3) is 0.240. The molecule has 9 heteroatoms. The van der Waals surface area contributed by atoms with Crippen LogP contribution in [-0.2, 0) is 22.5 Å². The molecule has 7 nitrogen and oxygen atoms in total. The van der Waals surface area contributed by atoms with Gasteiger partial charge in [-0.1, -0.05) is 30.3 Å². The van der Waals surface area contributed by atoms with Crippen LogP contribution in [-0.4, -0.2) is 29.9 Å². The lowest BCUT2D eigenvalue weighted by molar-refractivity contribution is -0.133. The summed E-state index contributed by atoms with van der Waals surface area (Å²) < 4.78 is 40.8. The van der Waals surface area contributed by atoms with Gasteiger partial charge in [0, 0.05) is 37.5 Å². The Labute approximate surface area is 196 Å². The van der Waals surface area contributed by atoms with E-state index in [0.717, 1.165) is 17.2 Å². The summed E-state index contributed by atoms with van der Waals surface area (Å²) in [6.45, 7) is 1.95. The predicted molar refractivity (Wildman–Crippen MR) is 123 cm³/mol. The van der Waals surface area contributed by atoms with E-state index in [2.05, 4.69) is 10.3 Å². The van der Waals surface area contributed by atoms with Crippen molar-refractivity contribution in [3.8, 4) is 5.75 Å². The van der Waals surface area contributed by atoms with E-state index in [4.69, 9.17) is 20.6 Å². The number of pyridine rings is 1. The molecule has 0 saturated carbocycles. The van der Waals surface area contributed by atoms with Crippen LogP contribution in [0.25, 0.3) is 0 Å². The molecule has 3 rings (SSSR count). The first-order valence-electron chi connectivity index (χ1n) is 10.7. The van der Waals surface area contributed by atoms with Crippen molar-refractivity contribution in [2.45, 2.75) is 26.0 Å². The smallest absolute Gasteiger partial charge is 0.254 e. The summed E-state index contributed by atoms with van der Waals surface area (Å²) in [5.74, 6) is -2.82. The fourth-order valence-corrected chi connectivity index (χ4v) is 3.27. The van der Waals surface area contributed by atoms with Crippen molar-refractivity contribution in [2.75, 3.05) is 13.2 Å². The van der Waals surface area contributed by atoms with E-state index in [1.807, 2.05) is 6.07 Å². The van der Waals surface area contributed by atoms with E-state index in [0.29, 0.717) is 12.0 Å². The highest BCUT2D eigenvalue weighted by atomic mass is 19.1. The Morgan fingerprint density at radius 1 is 1.15 bits per heavy atom. The second-order valence-corrected chi connectivity index (χ2v) is 7.40. The number of carbonyl (C=O) groups is 1. The van der Waals surface area contributed by atoms with Gasteiger partial charge in [0.05, 0.1) is 12.2 Å². The van der Waals surface area contributed by atoms with Gasteiger partial charge < -0.3 is 20.5 Å². The van der Waals surface area contributed by atoms with Gasteiger partial charge in [0.15, 0.2) is 17.7 Å². The standard InChI is InChI=1S/C25H26F2N4O3/c1-2-33-23(25(32)31-15-17-5-7-18(8-6-17)24(28)29)21-19(26)9-10-20(22(21)27)34-13-11-16-4-3-12-30-14-16/h3-10,12,14,23H,2,11,13,15H2,1H3,(H3,28,29)(H,31,32)/t23-/m0/s1. The maximum atomic E-state index is 15.2. The number of aromatic nitrogens is 1. The van der Waals surface area contributed by atoms with Crippen molar-refractivity contribution >= 4 is 11.7 Å². The van der Waals surface area contributed by atoms with Gasteiger partial charge >= 0.3 is 0 Å². The van der Waals surface area contributed by atoms with Gasteiger partial charge in [0.1, 0.15) is 11.7 Å². The molecule has 0 spiro atoms. The summed E-state index contributed by atoms with van der Waals surface area (Å²) in [6, 6.07) is 12.6.